The number of H-pyrrole nitrogens is 1. The van der Waals surface area contributed by atoms with Gasteiger partial charge in [0.05, 0.1) is 135 Å². The first kappa shape index (κ1) is 97.1. The number of nitrogens with one attached hydrogen (secondary N) is 3. The molecule has 1 aromatic carbocycles. The summed E-state index contributed by atoms with van der Waals surface area (Å²) in [5.74, 6) is -6.04. The van der Waals surface area contributed by atoms with Gasteiger partial charge in [0.1, 0.15) is 59.6 Å². The number of aromatic nitrogens is 5. The summed E-state index contributed by atoms with van der Waals surface area (Å²) >= 11 is 0. The number of methoxy groups -OCH3 is 4. The van der Waals surface area contributed by atoms with Crippen LogP contribution >= 0.6 is 0 Å². The topological polar surface area (TPSA) is 431 Å². The third-order valence-corrected chi connectivity index (χ3v) is 24.0. The Balaban J connectivity index is 0.616. The summed E-state index contributed by atoms with van der Waals surface area (Å²) in [7, 11) is 6.11. The van der Waals surface area contributed by atoms with E-state index in [0.717, 1.165) is 64.3 Å². The number of fused-ring (bicyclic) bond motifs is 5. The summed E-state index contributed by atoms with van der Waals surface area (Å²) in [5.41, 5.74) is 17.7. The molecule has 9 rings (SSSR count). The van der Waals surface area contributed by atoms with Gasteiger partial charge in [0, 0.05) is 94.8 Å². The van der Waals surface area contributed by atoms with E-state index >= 15 is 0 Å². The minimum Gasteiger partial charge on any atom is -0.495 e. The standard InChI is InChI=1S/C88H134N10O23/c1-55-17-12-11-13-18-56(2)72(109-8)52-65-28-22-60(6)88(107,121-65)81(102)85(104)97-32-15-14-20-68(97)86(105)119-73(53-69(99)57(3)48-59(5)79(101)80(111-10)78(100)58(4)47-55)66(89)49-61-23-29-70(74(50-61)110-9)120-87(106)92-31-34-113-36-38-115-40-42-117-44-46-118-45-43-116-41-39-114-37-35-112-33-30-91-84(103)63-26-24-62(25-27-63)83-96-76(77-82(90)93-54-94-98(77)83)67-51-64-19-16-21-71(108-7)75(64)95-67/h11-13,16-19,21,48,51,54-55,57-58,60-63,65-66,68-70,72-74,79-80,95,99,101,107H,14-15,20,22-47,49-50,52-53,89H2,1-10H3,(H,91,103)(H,92,106)(H2,90,93,94)/b13-11+,17-12+,56-18+,59-48+/t55-,57-,58-,60-,61+,62?,63?,65+,66-,68+,69-,70-,72+,73+,74-,79-,80+,88-/m1/s1. The van der Waals surface area contributed by atoms with Gasteiger partial charge in [-0.25, -0.2) is 24.1 Å². The molecule has 4 fully saturated rings. The number of piperidine rings is 1. The van der Waals surface area contributed by atoms with Crippen LogP contribution in [0.5, 0.6) is 5.75 Å². The number of aliphatic hydroxyl groups excluding tert-OH is 2. The van der Waals surface area contributed by atoms with Crippen LogP contribution in [0.4, 0.5) is 10.6 Å². The number of nitrogens with two attached hydrogens (primary N) is 2. The number of allylic oxidation sites excluding steroid dienone is 5. The van der Waals surface area contributed by atoms with E-state index in [9.17, 15) is 44.1 Å². The summed E-state index contributed by atoms with van der Waals surface area (Å²) in [5, 5.41) is 47.1. The Morgan fingerprint density at radius 1 is 0.719 bits per heavy atom. The number of rotatable bonds is 35. The van der Waals surface area contributed by atoms with Crippen molar-refractivity contribution in [2.45, 2.75) is 217 Å². The predicted octanol–water partition coefficient (Wildman–Crippen LogP) is 7.78. The van der Waals surface area contributed by atoms with Gasteiger partial charge in [0.2, 0.25) is 11.7 Å². The molecule has 2 saturated carbocycles. The lowest BCUT2D eigenvalue weighted by atomic mass is 9.80. The first-order valence-electron chi connectivity index (χ1n) is 43.2. The van der Waals surface area contributed by atoms with Crippen molar-refractivity contribution in [1.29, 1.82) is 0 Å². The lowest BCUT2D eigenvalue weighted by Gasteiger charge is -2.42. The van der Waals surface area contributed by atoms with Crippen molar-refractivity contribution in [3.8, 4) is 17.1 Å². The van der Waals surface area contributed by atoms with E-state index in [1.807, 2.05) is 68.5 Å². The number of para-hydroxylation sites is 1. The number of amides is 3. The molecular formula is C88H134N10O23. The number of ether oxygens (including phenoxy) is 14. The molecule has 5 aliphatic rings. The summed E-state index contributed by atoms with van der Waals surface area (Å²) in [6.45, 7) is 16.4. The minimum absolute atomic E-state index is 0.0166. The second-order valence-corrected chi connectivity index (χ2v) is 32.7. The molecule has 2 saturated heterocycles. The third-order valence-electron chi connectivity index (χ3n) is 24.0. The van der Waals surface area contributed by atoms with Gasteiger partial charge in [-0.15, -0.1) is 0 Å². The molecule has 3 amide bonds. The van der Waals surface area contributed by atoms with E-state index in [1.54, 1.807) is 52.5 Å². The van der Waals surface area contributed by atoms with Crippen LogP contribution in [0.15, 0.2) is 78.2 Å². The van der Waals surface area contributed by atoms with Gasteiger partial charge in [0.15, 0.2) is 11.6 Å². The Labute approximate surface area is 710 Å². The number of hydrogen-bond donors (Lipinski definition) is 8. The molecule has 0 radical (unpaired) electrons. The molecule has 3 aromatic heterocycles. The van der Waals surface area contributed by atoms with Crippen LogP contribution in [-0.2, 0) is 85.6 Å². The number of aromatic amines is 1. The Morgan fingerprint density at radius 2 is 1.37 bits per heavy atom. The van der Waals surface area contributed by atoms with E-state index in [2.05, 4.69) is 25.7 Å². The number of nitrogen functional groups attached to an aromatic ring is 1. The average molecular weight is 1700 g/mol. The molecule has 33 heteroatoms. The number of nitrogens with zero attached hydrogens (tertiary/aromatic N) is 5. The maximum Gasteiger partial charge on any atom is 0.407 e. The Bertz CT molecular complexity index is 4030. The number of ketones is 2. The van der Waals surface area contributed by atoms with E-state index in [4.69, 9.17) is 82.8 Å². The van der Waals surface area contributed by atoms with Crippen molar-refractivity contribution in [2.75, 3.05) is 146 Å². The molecule has 4 aromatic rings. The molecule has 121 heavy (non-hydrogen) atoms. The molecular weight excluding hydrogens is 1570 g/mol. The molecule has 3 aliphatic heterocycles. The fourth-order valence-corrected chi connectivity index (χ4v) is 16.8. The highest BCUT2D eigenvalue weighted by Crippen LogP contribution is 2.42. The maximum atomic E-state index is 14.7. The number of imidazole rings is 1. The number of anilines is 1. The number of carbonyl (C=O) groups is 6. The Morgan fingerprint density at radius 3 is 2.01 bits per heavy atom. The highest BCUT2D eigenvalue weighted by molar-refractivity contribution is 6.39. The molecule has 2 aliphatic carbocycles. The van der Waals surface area contributed by atoms with Crippen LogP contribution in [0.1, 0.15) is 156 Å². The molecule has 0 unspecified atom stereocenters. The SMILES string of the molecule is COc1cccc2cc(-c3nc(C4CCC(C(=O)NCCOCCOCCOCCOCCOCCOCCOCCNC(=O)O[C@@H]5CC[C@@H](C[C@@H](N)[C@@H]6C[C@@H](O)[C@H](C)/C=C(\C)[C@@H](O)[C@@H](OC)C(=O)[C@H](C)C[C@H](C)/C=C/C=C/C=C(\C)[C@@H](OC)C[C@@H]7CC[C@@H](C)[C@@](O)(O7)C(=O)C(=O)N7CCCC[C@H]7C(=O)O6)C[C@H]5OC)CC4)n4ncnc(N)c34)[nH]c12. The monoisotopic (exact) mass is 1700 g/mol. The zero-order chi connectivity index (χ0) is 87.0. The van der Waals surface area contributed by atoms with Gasteiger partial charge in [0.25, 0.3) is 11.7 Å². The average Bonchev–Trinajstić information content (AvgIpc) is 1.64. The van der Waals surface area contributed by atoms with Crippen molar-refractivity contribution in [1.82, 2.24) is 40.1 Å². The number of cyclic esters (lactones) is 1. The number of benzene rings is 1. The summed E-state index contributed by atoms with van der Waals surface area (Å²) in [6.07, 6.45) is 12.1. The lowest BCUT2D eigenvalue weighted by Crippen LogP contribution is -2.61. The Kier molecular flexibility index (Phi) is 39.9. The van der Waals surface area contributed by atoms with Gasteiger partial charge in [-0.05, 0) is 139 Å². The summed E-state index contributed by atoms with van der Waals surface area (Å²) in [6, 6.07) is 5.75. The van der Waals surface area contributed by atoms with Gasteiger partial charge >= 0.3 is 12.1 Å². The van der Waals surface area contributed by atoms with Crippen LogP contribution in [0.2, 0.25) is 0 Å². The molecule has 674 valence electrons. The van der Waals surface area contributed by atoms with Crippen molar-refractivity contribution in [3.63, 3.8) is 0 Å². The molecule has 6 heterocycles. The van der Waals surface area contributed by atoms with Gasteiger partial charge < -0.3 is 114 Å². The van der Waals surface area contributed by atoms with Crippen molar-refractivity contribution >= 4 is 57.7 Å². The highest BCUT2D eigenvalue weighted by Gasteiger charge is 2.53. The number of aliphatic hydroxyl groups is 3. The number of esters is 1. The zero-order valence-electron chi connectivity index (χ0n) is 72.4. The second-order valence-electron chi connectivity index (χ2n) is 32.7. The smallest absolute Gasteiger partial charge is 0.407 e. The van der Waals surface area contributed by atoms with Crippen LogP contribution in [0.25, 0.3) is 27.8 Å². The normalized spacial score (nSPS) is 29.7. The molecule has 10 N–H and O–H groups in total. The number of alkyl carbamates (subject to hydrolysis) is 1. The summed E-state index contributed by atoms with van der Waals surface area (Å²) in [4.78, 5) is 97.8. The van der Waals surface area contributed by atoms with Crippen LogP contribution in [0, 0.1) is 35.5 Å². The minimum atomic E-state index is -2.49. The van der Waals surface area contributed by atoms with Gasteiger partial charge in [-0.1, -0.05) is 76.3 Å². The van der Waals surface area contributed by atoms with E-state index in [-0.39, 0.29) is 80.7 Å². The quantitative estimate of drug-likeness (QED) is 0.00942. The van der Waals surface area contributed by atoms with E-state index in [1.165, 1.54) is 20.5 Å². The molecule has 0 spiro atoms. The fourth-order valence-electron chi connectivity index (χ4n) is 16.8. The summed E-state index contributed by atoms with van der Waals surface area (Å²) < 4.78 is 82.6. The number of Topliss-reactive ketones (excluding diaryl/α,β-unsaturated/α-hetero) is 2. The fraction of sp³-hybridized carbons (Fsp3) is 0.693. The van der Waals surface area contributed by atoms with Gasteiger partial charge in [-0.2, -0.15) is 5.10 Å². The lowest BCUT2D eigenvalue weighted by molar-refractivity contribution is -0.265. The van der Waals surface area contributed by atoms with E-state index < -0.39 is 108 Å². The number of carbonyl (C=O) groups excluding carboxylic acids is 6. The van der Waals surface area contributed by atoms with Crippen molar-refractivity contribution in [3.05, 3.63) is 84.0 Å². The van der Waals surface area contributed by atoms with Gasteiger partial charge in [-0.3, -0.25) is 19.2 Å². The first-order valence-corrected chi connectivity index (χ1v) is 43.2. The third kappa shape index (κ3) is 28.1. The maximum absolute atomic E-state index is 14.7. The molecule has 16 atom stereocenters. The predicted molar refractivity (Wildman–Crippen MR) is 450 cm³/mol. The van der Waals surface area contributed by atoms with E-state index in [0.29, 0.717) is 166 Å². The molecule has 2 bridgehead atoms. The number of hydrogen-bond acceptors (Lipinski definition) is 28. The highest BCUT2D eigenvalue weighted by atomic mass is 16.6. The van der Waals surface area contributed by atoms with Crippen LogP contribution in [-0.4, -0.2) is 288 Å². The zero-order valence-corrected chi connectivity index (χ0v) is 72.4. The second kappa shape index (κ2) is 49.7. The van der Waals surface area contributed by atoms with Crippen LogP contribution < -0.4 is 26.8 Å². The first-order chi connectivity index (χ1) is 58.4. The van der Waals surface area contributed by atoms with Crippen molar-refractivity contribution in [2.24, 2.45) is 41.2 Å². The largest absolute Gasteiger partial charge is 0.495 e. The van der Waals surface area contributed by atoms with Crippen molar-refractivity contribution < 1.29 is 110 Å². The van der Waals surface area contributed by atoms with Crippen LogP contribution in [0.3, 0.4) is 0 Å². The molecule has 33 nitrogen and oxygen atoms in total. The Hall–Kier alpha value is -7.71.